The van der Waals surface area contributed by atoms with Crippen molar-refractivity contribution in [2.45, 2.75) is 19.8 Å². The summed E-state index contributed by atoms with van der Waals surface area (Å²) in [7, 11) is 0. The fraction of sp³-hybridized carbons (Fsp3) is 0.273. The van der Waals surface area contributed by atoms with E-state index in [1.807, 2.05) is 18.2 Å². The van der Waals surface area contributed by atoms with Crippen molar-refractivity contribution >= 4 is 11.0 Å². The zero-order valence-electron chi connectivity index (χ0n) is 7.37. The Labute approximate surface area is 72.0 Å². The number of hydrogen-bond donors (Lipinski definition) is 0. The smallest absolute Gasteiger partial charge is 0.134 e. The third-order valence-corrected chi connectivity index (χ3v) is 2.15. The Bertz CT molecular complexity index is 385. The number of rotatable bonds is 1. The van der Waals surface area contributed by atoms with E-state index in [4.69, 9.17) is 4.42 Å². The topological polar surface area (TPSA) is 13.1 Å². The fourth-order valence-corrected chi connectivity index (χ4v) is 1.52. The predicted octanol–water partition coefficient (Wildman–Crippen LogP) is 3.56. The van der Waals surface area contributed by atoms with Gasteiger partial charge >= 0.3 is 0 Å². The van der Waals surface area contributed by atoms with Crippen LogP contribution in [0.25, 0.3) is 11.0 Å². The van der Waals surface area contributed by atoms with Gasteiger partial charge < -0.3 is 4.42 Å². The van der Waals surface area contributed by atoms with Crippen LogP contribution >= 0.6 is 0 Å². The standard InChI is InChI=1S/C11H12O/c1-8(2)9-4-3-5-11-10(9)6-7-12-11/h3-8H,1-2H3. The zero-order valence-corrected chi connectivity index (χ0v) is 7.37. The van der Waals surface area contributed by atoms with Crippen molar-refractivity contribution in [1.82, 2.24) is 0 Å². The summed E-state index contributed by atoms with van der Waals surface area (Å²) in [6, 6.07) is 8.23. The second kappa shape index (κ2) is 2.67. The molecule has 0 amide bonds. The zero-order chi connectivity index (χ0) is 8.55. The number of benzene rings is 1. The van der Waals surface area contributed by atoms with Gasteiger partial charge in [-0.05, 0) is 23.6 Å². The average molecular weight is 160 g/mol. The molecule has 0 aliphatic heterocycles. The quantitative estimate of drug-likeness (QED) is 0.621. The maximum absolute atomic E-state index is 5.31. The maximum Gasteiger partial charge on any atom is 0.134 e. The largest absolute Gasteiger partial charge is 0.464 e. The van der Waals surface area contributed by atoms with E-state index in [0.29, 0.717) is 5.92 Å². The van der Waals surface area contributed by atoms with Crippen LogP contribution in [0.1, 0.15) is 25.3 Å². The molecular weight excluding hydrogens is 148 g/mol. The van der Waals surface area contributed by atoms with E-state index in [1.54, 1.807) is 6.26 Å². The van der Waals surface area contributed by atoms with E-state index in [0.717, 1.165) is 5.58 Å². The molecule has 1 nitrogen and oxygen atoms in total. The van der Waals surface area contributed by atoms with Crippen LogP contribution in [-0.2, 0) is 0 Å². The van der Waals surface area contributed by atoms with E-state index < -0.39 is 0 Å². The van der Waals surface area contributed by atoms with Crippen LogP contribution in [0.3, 0.4) is 0 Å². The molecular formula is C11H12O. The van der Waals surface area contributed by atoms with E-state index in [2.05, 4.69) is 19.9 Å². The second-order valence-corrected chi connectivity index (χ2v) is 3.33. The van der Waals surface area contributed by atoms with Gasteiger partial charge in [0.1, 0.15) is 5.58 Å². The van der Waals surface area contributed by atoms with Crippen LogP contribution in [0.15, 0.2) is 34.9 Å². The molecule has 0 saturated carbocycles. The summed E-state index contributed by atoms with van der Waals surface area (Å²) in [5.74, 6) is 0.561. The molecule has 0 radical (unpaired) electrons. The first kappa shape index (κ1) is 7.41. The van der Waals surface area contributed by atoms with Crippen molar-refractivity contribution in [3.8, 4) is 0 Å². The Hall–Kier alpha value is -1.24. The molecule has 0 atom stereocenters. The van der Waals surface area contributed by atoms with Crippen LogP contribution in [0.5, 0.6) is 0 Å². The van der Waals surface area contributed by atoms with Crippen LogP contribution < -0.4 is 0 Å². The monoisotopic (exact) mass is 160 g/mol. The molecule has 1 aromatic carbocycles. The minimum absolute atomic E-state index is 0.561. The lowest BCUT2D eigenvalue weighted by Gasteiger charge is -2.04. The minimum atomic E-state index is 0.561. The van der Waals surface area contributed by atoms with E-state index in [-0.39, 0.29) is 0 Å². The number of furan rings is 1. The highest BCUT2D eigenvalue weighted by atomic mass is 16.3. The number of hydrogen-bond acceptors (Lipinski definition) is 1. The molecule has 1 heterocycles. The first-order chi connectivity index (χ1) is 5.79. The molecule has 0 spiro atoms. The highest BCUT2D eigenvalue weighted by Crippen LogP contribution is 2.25. The molecule has 62 valence electrons. The molecule has 1 heteroatoms. The van der Waals surface area contributed by atoms with Crippen molar-refractivity contribution in [2.24, 2.45) is 0 Å². The molecule has 2 aromatic rings. The van der Waals surface area contributed by atoms with Crippen LogP contribution in [0.4, 0.5) is 0 Å². The lowest BCUT2D eigenvalue weighted by Crippen LogP contribution is -1.86. The Balaban J connectivity index is 2.73. The number of fused-ring (bicyclic) bond motifs is 1. The van der Waals surface area contributed by atoms with Gasteiger partial charge in [-0.15, -0.1) is 0 Å². The highest BCUT2D eigenvalue weighted by Gasteiger charge is 2.05. The van der Waals surface area contributed by atoms with E-state index >= 15 is 0 Å². The normalized spacial score (nSPS) is 11.2. The van der Waals surface area contributed by atoms with Crippen LogP contribution in [0, 0.1) is 0 Å². The summed E-state index contributed by atoms with van der Waals surface area (Å²) >= 11 is 0. The summed E-state index contributed by atoms with van der Waals surface area (Å²) in [5.41, 5.74) is 2.35. The van der Waals surface area contributed by atoms with Crippen molar-refractivity contribution in [2.75, 3.05) is 0 Å². The Kier molecular flexibility index (Phi) is 1.65. The Morgan fingerprint density at radius 1 is 1.17 bits per heavy atom. The van der Waals surface area contributed by atoms with E-state index in [9.17, 15) is 0 Å². The lowest BCUT2D eigenvalue weighted by molar-refractivity contribution is 0.615. The maximum atomic E-state index is 5.31. The summed E-state index contributed by atoms with van der Waals surface area (Å²) < 4.78 is 5.31. The predicted molar refractivity (Wildman–Crippen MR) is 50.3 cm³/mol. The van der Waals surface area contributed by atoms with Crippen LogP contribution in [-0.4, -0.2) is 0 Å². The SMILES string of the molecule is CC(C)c1cccc2occc12. The minimum Gasteiger partial charge on any atom is -0.464 e. The summed E-state index contributed by atoms with van der Waals surface area (Å²) in [6.07, 6.45) is 1.75. The molecule has 1 aromatic heterocycles. The van der Waals surface area contributed by atoms with Gasteiger partial charge in [0.25, 0.3) is 0 Å². The molecule has 12 heavy (non-hydrogen) atoms. The molecule has 2 rings (SSSR count). The molecule has 0 fully saturated rings. The molecule has 0 aliphatic carbocycles. The molecule has 0 N–H and O–H groups in total. The third-order valence-electron chi connectivity index (χ3n) is 2.15. The van der Waals surface area contributed by atoms with Gasteiger partial charge in [0, 0.05) is 5.39 Å². The summed E-state index contributed by atoms with van der Waals surface area (Å²) in [4.78, 5) is 0. The summed E-state index contributed by atoms with van der Waals surface area (Å²) in [5, 5.41) is 1.24. The third kappa shape index (κ3) is 1.02. The van der Waals surface area contributed by atoms with E-state index in [1.165, 1.54) is 10.9 Å². The Morgan fingerprint density at radius 2 is 2.00 bits per heavy atom. The molecule has 0 unspecified atom stereocenters. The first-order valence-corrected chi connectivity index (χ1v) is 4.25. The van der Waals surface area contributed by atoms with Crippen molar-refractivity contribution in [3.05, 3.63) is 36.1 Å². The fourth-order valence-electron chi connectivity index (χ4n) is 1.52. The summed E-state index contributed by atoms with van der Waals surface area (Å²) in [6.45, 7) is 4.39. The highest BCUT2D eigenvalue weighted by molar-refractivity contribution is 5.81. The van der Waals surface area contributed by atoms with Crippen molar-refractivity contribution in [1.29, 1.82) is 0 Å². The van der Waals surface area contributed by atoms with Gasteiger partial charge in [-0.3, -0.25) is 0 Å². The molecule has 0 bridgehead atoms. The van der Waals surface area contributed by atoms with Gasteiger partial charge in [-0.2, -0.15) is 0 Å². The van der Waals surface area contributed by atoms with Crippen molar-refractivity contribution < 1.29 is 4.42 Å². The molecule has 0 saturated heterocycles. The van der Waals surface area contributed by atoms with Gasteiger partial charge in [0.15, 0.2) is 0 Å². The second-order valence-electron chi connectivity index (χ2n) is 3.33. The van der Waals surface area contributed by atoms with Gasteiger partial charge in [-0.25, -0.2) is 0 Å². The lowest BCUT2D eigenvalue weighted by atomic mass is 10.00. The van der Waals surface area contributed by atoms with Gasteiger partial charge in [0.05, 0.1) is 6.26 Å². The Morgan fingerprint density at radius 3 is 2.75 bits per heavy atom. The van der Waals surface area contributed by atoms with Crippen LogP contribution in [0.2, 0.25) is 0 Å². The average Bonchev–Trinajstić information content (AvgIpc) is 2.49. The van der Waals surface area contributed by atoms with Gasteiger partial charge in [0.2, 0.25) is 0 Å². The molecule has 0 aliphatic rings. The first-order valence-electron chi connectivity index (χ1n) is 4.25. The van der Waals surface area contributed by atoms with Gasteiger partial charge in [-0.1, -0.05) is 26.0 Å². The van der Waals surface area contributed by atoms with Crippen molar-refractivity contribution in [3.63, 3.8) is 0 Å².